The Balaban J connectivity index is 1.83. The molecule has 2 atom stereocenters. The Morgan fingerprint density at radius 2 is 1.90 bits per heavy atom. The van der Waals surface area contributed by atoms with Gasteiger partial charge >= 0.3 is 0 Å². The molecule has 1 aliphatic carbocycles. The molecule has 1 spiro atoms. The predicted octanol–water partition coefficient (Wildman–Crippen LogP) is 4.53. The molecule has 2 heteroatoms. The molecule has 1 saturated heterocycles. The van der Waals surface area contributed by atoms with Crippen molar-refractivity contribution in [3.05, 3.63) is 0 Å². The van der Waals surface area contributed by atoms with Gasteiger partial charge in [-0.1, -0.05) is 40.0 Å². The highest BCUT2D eigenvalue weighted by Gasteiger charge is 2.38. The molecule has 118 valence electrons. The first-order valence-electron chi connectivity index (χ1n) is 8.76. The highest BCUT2D eigenvalue weighted by atomic mass is 16.5. The van der Waals surface area contributed by atoms with Gasteiger partial charge in [0, 0.05) is 12.6 Å². The number of rotatable bonds is 4. The predicted molar refractivity (Wildman–Crippen MR) is 86.0 cm³/mol. The monoisotopic (exact) mass is 281 g/mol. The maximum absolute atomic E-state index is 6.22. The van der Waals surface area contributed by atoms with Gasteiger partial charge in [-0.25, -0.2) is 0 Å². The van der Waals surface area contributed by atoms with E-state index < -0.39 is 0 Å². The van der Waals surface area contributed by atoms with Crippen LogP contribution < -0.4 is 5.32 Å². The molecule has 2 unspecified atom stereocenters. The van der Waals surface area contributed by atoms with Crippen molar-refractivity contribution in [1.82, 2.24) is 5.32 Å². The minimum atomic E-state index is 0.276. The molecule has 2 fully saturated rings. The Bertz CT molecular complexity index is 283. The van der Waals surface area contributed by atoms with Gasteiger partial charge in [0.1, 0.15) is 0 Å². The second-order valence-electron chi connectivity index (χ2n) is 8.24. The minimum absolute atomic E-state index is 0.276. The van der Waals surface area contributed by atoms with Gasteiger partial charge in [0.05, 0.1) is 5.60 Å². The maximum Gasteiger partial charge on any atom is 0.0685 e. The van der Waals surface area contributed by atoms with Crippen molar-refractivity contribution in [3.8, 4) is 0 Å². The normalized spacial score (nSPS) is 28.5. The van der Waals surface area contributed by atoms with Gasteiger partial charge < -0.3 is 10.1 Å². The molecule has 0 aromatic carbocycles. The topological polar surface area (TPSA) is 21.3 Å². The van der Waals surface area contributed by atoms with Crippen LogP contribution in [-0.2, 0) is 4.74 Å². The Morgan fingerprint density at radius 3 is 2.50 bits per heavy atom. The van der Waals surface area contributed by atoms with E-state index in [1.165, 1.54) is 57.8 Å². The maximum atomic E-state index is 6.22. The van der Waals surface area contributed by atoms with Crippen molar-refractivity contribution < 1.29 is 4.74 Å². The van der Waals surface area contributed by atoms with Crippen molar-refractivity contribution in [2.75, 3.05) is 13.7 Å². The molecule has 0 aromatic rings. The van der Waals surface area contributed by atoms with Crippen LogP contribution in [0.1, 0.15) is 78.6 Å². The molecule has 2 nitrogen and oxygen atoms in total. The van der Waals surface area contributed by atoms with Gasteiger partial charge in [-0.15, -0.1) is 0 Å². The van der Waals surface area contributed by atoms with E-state index in [0.29, 0.717) is 11.5 Å². The molecule has 2 aliphatic rings. The third-order valence-electron chi connectivity index (χ3n) is 5.62. The summed E-state index contributed by atoms with van der Waals surface area (Å²) in [6.45, 7) is 8.05. The van der Waals surface area contributed by atoms with Gasteiger partial charge in [0.2, 0.25) is 0 Å². The lowest BCUT2D eigenvalue weighted by Crippen LogP contribution is -2.42. The summed E-state index contributed by atoms with van der Waals surface area (Å²) < 4.78 is 6.22. The summed E-state index contributed by atoms with van der Waals surface area (Å²) in [6.07, 6.45) is 12.1. The zero-order valence-electron chi connectivity index (χ0n) is 14.1. The molecule has 1 heterocycles. The first-order chi connectivity index (χ1) is 9.45. The zero-order valence-corrected chi connectivity index (χ0v) is 14.1. The average Bonchev–Trinajstić information content (AvgIpc) is 2.39. The Morgan fingerprint density at radius 1 is 1.20 bits per heavy atom. The average molecular weight is 281 g/mol. The van der Waals surface area contributed by atoms with E-state index >= 15 is 0 Å². The summed E-state index contributed by atoms with van der Waals surface area (Å²) in [5.41, 5.74) is 0.639. The third-order valence-corrected chi connectivity index (χ3v) is 5.62. The summed E-state index contributed by atoms with van der Waals surface area (Å²) >= 11 is 0. The highest BCUT2D eigenvalue weighted by Crippen LogP contribution is 2.42. The Hall–Kier alpha value is -0.0800. The van der Waals surface area contributed by atoms with Crippen molar-refractivity contribution in [2.24, 2.45) is 11.3 Å². The number of hydrogen-bond donors (Lipinski definition) is 1. The molecule has 1 N–H and O–H groups in total. The van der Waals surface area contributed by atoms with E-state index in [9.17, 15) is 0 Å². The van der Waals surface area contributed by atoms with Crippen molar-refractivity contribution >= 4 is 0 Å². The standard InChI is InChI=1S/C18H35NO/c1-17(2,3)16(19-4)9-8-15-10-13-20-18(14-15)11-6-5-7-12-18/h15-16,19H,5-14H2,1-4H3. The lowest BCUT2D eigenvalue weighted by atomic mass is 9.74. The number of hydrogen-bond acceptors (Lipinski definition) is 2. The fraction of sp³-hybridized carbons (Fsp3) is 1.00. The van der Waals surface area contributed by atoms with Crippen LogP contribution in [0.4, 0.5) is 0 Å². The second kappa shape index (κ2) is 6.79. The van der Waals surface area contributed by atoms with Gasteiger partial charge in [0.25, 0.3) is 0 Å². The second-order valence-corrected chi connectivity index (χ2v) is 8.24. The molecular formula is C18H35NO. The molecule has 0 bridgehead atoms. The van der Waals surface area contributed by atoms with Crippen molar-refractivity contribution in [3.63, 3.8) is 0 Å². The molecule has 1 aliphatic heterocycles. The molecule has 0 amide bonds. The van der Waals surface area contributed by atoms with Crippen molar-refractivity contribution in [1.29, 1.82) is 0 Å². The minimum Gasteiger partial charge on any atom is -0.375 e. The van der Waals surface area contributed by atoms with E-state index in [1.807, 2.05) is 0 Å². The van der Waals surface area contributed by atoms with Crippen LogP contribution in [0.25, 0.3) is 0 Å². The van der Waals surface area contributed by atoms with Crippen LogP contribution in [0.15, 0.2) is 0 Å². The fourth-order valence-electron chi connectivity index (χ4n) is 4.33. The van der Waals surface area contributed by atoms with Crippen LogP contribution in [0.3, 0.4) is 0 Å². The summed E-state index contributed by atoms with van der Waals surface area (Å²) in [6, 6.07) is 0.632. The summed E-state index contributed by atoms with van der Waals surface area (Å²) in [5.74, 6) is 0.889. The van der Waals surface area contributed by atoms with E-state index in [1.54, 1.807) is 0 Å². The van der Waals surface area contributed by atoms with Crippen LogP contribution in [-0.4, -0.2) is 25.3 Å². The van der Waals surface area contributed by atoms with Gasteiger partial charge in [0.15, 0.2) is 0 Å². The lowest BCUT2D eigenvalue weighted by molar-refractivity contribution is -0.118. The smallest absolute Gasteiger partial charge is 0.0685 e. The van der Waals surface area contributed by atoms with Gasteiger partial charge in [-0.3, -0.25) is 0 Å². The third kappa shape index (κ3) is 4.21. The molecule has 2 rings (SSSR count). The fourth-order valence-corrected chi connectivity index (χ4v) is 4.33. The summed E-state index contributed by atoms with van der Waals surface area (Å²) in [7, 11) is 2.11. The lowest BCUT2D eigenvalue weighted by Gasteiger charge is -2.44. The van der Waals surface area contributed by atoms with E-state index in [-0.39, 0.29) is 5.60 Å². The van der Waals surface area contributed by atoms with Crippen LogP contribution in [0, 0.1) is 11.3 Å². The molecule has 0 aromatic heterocycles. The van der Waals surface area contributed by atoms with Gasteiger partial charge in [-0.05, 0) is 56.9 Å². The molecule has 20 heavy (non-hydrogen) atoms. The van der Waals surface area contributed by atoms with E-state index in [4.69, 9.17) is 4.74 Å². The first-order valence-corrected chi connectivity index (χ1v) is 8.76. The SMILES string of the molecule is CNC(CCC1CCOC2(CCCCC2)C1)C(C)(C)C. The zero-order chi connectivity index (χ0) is 14.6. The Labute approximate surface area is 126 Å². The first kappa shape index (κ1) is 16.3. The number of ether oxygens (including phenoxy) is 1. The van der Waals surface area contributed by atoms with E-state index in [2.05, 4.69) is 33.1 Å². The van der Waals surface area contributed by atoms with E-state index in [0.717, 1.165) is 12.5 Å². The van der Waals surface area contributed by atoms with Crippen LogP contribution in [0.2, 0.25) is 0 Å². The molecule has 1 saturated carbocycles. The summed E-state index contributed by atoms with van der Waals surface area (Å²) in [4.78, 5) is 0. The number of nitrogens with one attached hydrogen (secondary N) is 1. The molecule has 0 radical (unpaired) electrons. The van der Waals surface area contributed by atoms with Gasteiger partial charge in [-0.2, -0.15) is 0 Å². The Kier molecular flexibility index (Phi) is 5.53. The van der Waals surface area contributed by atoms with Crippen LogP contribution >= 0.6 is 0 Å². The van der Waals surface area contributed by atoms with Crippen LogP contribution in [0.5, 0.6) is 0 Å². The largest absolute Gasteiger partial charge is 0.375 e. The quantitative estimate of drug-likeness (QED) is 0.817. The summed E-state index contributed by atoms with van der Waals surface area (Å²) in [5, 5.41) is 3.52. The molecular weight excluding hydrogens is 246 g/mol. The van der Waals surface area contributed by atoms with Crippen molar-refractivity contribution in [2.45, 2.75) is 90.2 Å². The highest BCUT2D eigenvalue weighted by molar-refractivity contribution is 4.90.